The van der Waals surface area contributed by atoms with E-state index in [-0.39, 0.29) is 0 Å². The summed E-state index contributed by atoms with van der Waals surface area (Å²) in [5, 5.41) is 0. The average molecular weight is 451 g/mol. The zero-order chi connectivity index (χ0) is 22.3. The maximum atomic E-state index is 11.1. The molecule has 30 heavy (non-hydrogen) atoms. The molecule has 0 bridgehead atoms. The minimum atomic E-state index is -4.40. The molecule has 1 unspecified atom stereocenters. The summed E-state index contributed by atoms with van der Waals surface area (Å²) in [6.45, 7) is 5.65. The van der Waals surface area contributed by atoms with Crippen molar-refractivity contribution in [3.05, 3.63) is 0 Å². The van der Waals surface area contributed by atoms with E-state index in [1.54, 1.807) is 0 Å². The molecular weight excluding hydrogens is 400 g/mol. The number of rotatable bonds is 24. The van der Waals surface area contributed by atoms with Crippen molar-refractivity contribution in [1.29, 1.82) is 0 Å². The van der Waals surface area contributed by atoms with Crippen molar-refractivity contribution < 1.29 is 21.9 Å². The minimum Gasteiger partial charge on any atom is -0.381 e. The van der Waals surface area contributed by atoms with Crippen molar-refractivity contribution >= 4 is 10.4 Å². The molecule has 0 aromatic heterocycles. The standard InChI is InChI=1S/C24H50O5S/c1-3-5-7-9-11-12-13-15-17-19-22-28-23-21-24(29-30(25,26)27)20-18-16-14-10-8-6-4-2/h24H,3-23H2,1-2H3,(H,25,26,27). The van der Waals surface area contributed by atoms with Crippen LogP contribution in [0.4, 0.5) is 0 Å². The second-order valence-corrected chi connectivity index (χ2v) is 9.69. The van der Waals surface area contributed by atoms with Gasteiger partial charge >= 0.3 is 10.4 Å². The van der Waals surface area contributed by atoms with Gasteiger partial charge in [-0.15, -0.1) is 0 Å². The van der Waals surface area contributed by atoms with Gasteiger partial charge < -0.3 is 4.74 Å². The van der Waals surface area contributed by atoms with Crippen molar-refractivity contribution in [3.8, 4) is 0 Å². The van der Waals surface area contributed by atoms with Gasteiger partial charge in [-0.1, -0.05) is 117 Å². The van der Waals surface area contributed by atoms with E-state index in [1.807, 2.05) is 0 Å². The summed E-state index contributed by atoms with van der Waals surface area (Å²) < 4.78 is 41.7. The normalized spacial score (nSPS) is 13.0. The van der Waals surface area contributed by atoms with E-state index in [0.717, 1.165) is 19.3 Å². The van der Waals surface area contributed by atoms with Crippen LogP contribution in [0, 0.1) is 0 Å². The Balaban J connectivity index is 3.65. The summed E-state index contributed by atoms with van der Waals surface area (Å²) in [5.74, 6) is 0. The Morgan fingerprint density at radius 2 is 1.03 bits per heavy atom. The lowest BCUT2D eigenvalue weighted by molar-refractivity contribution is 0.0826. The van der Waals surface area contributed by atoms with Gasteiger partial charge in [0, 0.05) is 13.2 Å². The third kappa shape index (κ3) is 24.1. The lowest BCUT2D eigenvalue weighted by atomic mass is 10.1. The highest BCUT2D eigenvalue weighted by Gasteiger charge is 2.16. The number of hydrogen-bond donors (Lipinski definition) is 1. The van der Waals surface area contributed by atoms with Crippen LogP contribution in [-0.4, -0.2) is 32.3 Å². The maximum absolute atomic E-state index is 11.1. The Morgan fingerprint density at radius 3 is 1.50 bits per heavy atom. The SMILES string of the molecule is CCCCCCCCCCCCOCCC(CCCCCCCCC)OS(=O)(=O)O. The third-order valence-corrected chi connectivity index (χ3v) is 6.13. The van der Waals surface area contributed by atoms with Gasteiger partial charge in [-0.3, -0.25) is 4.55 Å². The van der Waals surface area contributed by atoms with Gasteiger partial charge in [0.2, 0.25) is 0 Å². The predicted molar refractivity (Wildman–Crippen MR) is 126 cm³/mol. The Kier molecular flexibility index (Phi) is 21.9. The van der Waals surface area contributed by atoms with E-state index in [9.17, 15) is 8.42 Å². The molecule has 0 aliphatic heterocycles. The maximum Gasteiger partial charge on any atom is 0.397 e. The molecule has 6 heteroatoms. The highest BCUT2D eigenvalue weighted by atomic mass is 32.3. The molecule has 0 aromatic carbocycles. The summed E-state index contributed by atoms with van der Waals surface area (Å²) >= 11 is 0. The van der Waals surface area contributed by atoms with E-state index >= 15 is 0 Å². The monoisotopic (exact) mass is 450 g/mol. The molecule has 0 aliphatic rings. The number of ether oxygens (including phenoxy) is 1. The predicted octanol–water partition coefficient (Wildman–Crippen LogP) is 7.64. The van der Waals surface area contributed by atoms with Crippen LogP contribution in [-0.2, 0) is 19.3 Å². The van der Waals surface area contributed by atoms with Crippen LogP contribution in [0.5, 0.6) is 0 Å². The van der Waals surface area contributed by atoms with Crippen LogP contribution in [0.25, 0.3) is 0 Å². The first-order valence-corrected chi connectivity index (χ1v) is 14.1. The van der Waals surface area contributed by atoms with Crippen molar-refractivity contribution in [3.63, 3.8) is 0 Å². The van der Waals surface area contributed by atoms with Gasteiger partial charge in [0.25, 0.3) is 0 Å². The Bertz CT molecular complexity index is 439. The molecule has 0 aliphatic carbocycles. The van der Waals surface area contributed by atoms with Gasteiger partial charge in [-0.2, -0.15) is 8.42 Å². The van der Waals surface area contributed by atoms with E-state index in [0.29, 0.717) is 26.1 Å². The summed E-state index contributed by atoms with van der Waals surface area (Å²) in [5.41, 5.74) is 0. The van der Waals surface area contributed by atoms with E-state index in [4.69, 9.17) is 13.5 Å². The molecule has 0 rings (SSSR count). The van der Waals surface area contributed by atoms with Crippen molar-refractivity contribution in [2.75, 3.05) is 13.2 Å². The first kappa shape index (κ1) is 29.8. The Morgan fingerprint density at radius 1 is 0.600 bits per heavy atom. The molecule has 0 fully saturated rings. The summed E-state index contributed by atoms with van der Waals surface area (Å²) in [4.78, 5) is 0. The molecule has 0 saturated heterocycles. The van der Waals surface area contributed by atoms with Crippen LogP contribution in [0.15, 0.2) is 0 Å². The lowest BCUT2D eigenvalue weighted by Crippen LogP contribution is -2.20. The van der Waals surface area contributed by atoms with Gasteiger partial charge in [0.1, 0.15) is 0 Å². The van der Waals surface area contributed by atoms with Crippen molar-refractivity contribution in [2.24, 2.45) is 0 Å². The van der Waals surface area contributed by atoms with Crippen molar-refractivity contribution in [1.82, 2.24) is 0 Å². The summed E-state index contributed by atoms with van der Waals surface area (Å²) in [7, 11) is -4.40. The first-order valence-electron chi connectivity index (χ1n) is 12.7. The zero-order valence-corrected chi connectivity index (χ0v) is 20.7. The molecule has 182 valence electrons. The van der Waals surface area contributed by atoms with Gasteiger partial charge in [-0.05, 0) is 19.3 Å². The molecular formula is C24H50O5S. The fourth-order valence-corrected chi connectivity index (χ4v) is 4.29. The van der Waals surface area contributed by atoms with Crippen LogP contribution >= 0.6 is 0 Å². The van der Waals surface area contributed by atoms with Crippen LogP contribution in [0.3, 0.4) is 0 Å². The van der Waals surface area contributed by atoms with Crippen molar-refractivity contribution in [2.45, 2.75) is 142 Å². The van der Waals surface area contributed by atoms with E-state index < -0.39 is 16.5 Å². The fourth-order valence-electron chi connectivity index (χ4n) is 3.75. The fraction of sp³-hybridized carbons (Fsp3) is 1.00. The quantitative estimate of drug-likeness (QED) is 0.121. The highest BCUT2D eigenvalue weighted by Crippen LogP contribution is 2.15. The molecule has 0 saturated carbocycles. The second kappa shape index (κ2) is 22.0. The molecule has 0 spiro atoms. The molecule has 1 N–H and O–H groups in total. The van der Waals surface area contributed by atoms with Gasteiger partial charge in [0.15, 0.2) is 0 Å². The van der Waals surface area contributed by atoms with Crippen LogP contribution in [0.1, 0.15) is 136 Å². The van der Waals surface area contributed by atoms with E-state index in [1.165, 1.54) is 89.9 Å². The first-order chi connectivity index (χ1) is 14.5. The van der Waals surface area contributed by atoms with Crippen LogP contribution < -0.4 is 0 Å². The molecule has 0 heterocycles. The number of hydrogen-bond acceptors (Lipinski definition) is 4. The largest absolute Gasteiger partial charge is 0.397 e. The minimum absolute atomic E-state index is 0.480. The molecule has 1 atom stereocenters. The van der Waals surface area contributed by atoms with E-state index in [2.05, 4.69) is 13.8 Å². The van der Waals surface area contributed by atoms with Crippen LogP contribution in [0.2, 0.25) is 0 Å². The van der Waals surface area contributed by atoms with Gasteiger partial charge in [0.05, 0.1) is 6.10 Å². The Hall–Kier alpha value is -0.170. The zero-order valence-electron chi connectivity index (χ0n) is 19.9. The van der Waals surface area contributed by atoms with Gasteiger partial charge in [-0.25, -0.2) is 4.18 Å². The molecule has 0 radical (unpaired) electrons. The average Bonchev–Trinajstić information content (AvgIpc) is 2.69. The summed E-state index contributed by atoms with van der Waals surface area (Å²) in [6, 6.07) is 0. The smallest absolute Gasteiger partial charge is 0.381 e. The third-order valence-electron chi connectivity index (χ3n) is 5.61. The Labute approximate surface area is 187 Å². The molecule has 0 amide bonds. The molecule has 5 nitrogen and oxygen atoms in total. The highest BCUT2D eigenvalue weighted by molar-refractivity contribution is 7.80. The summed E-state index contributed by atoms with van der Waals surface area (Å²) in [6.07, 6.45) is 21.8. The molecule has 0 aromatic rings. The lowest BCUT2D eigenvalue weighted by Gasteiger charge is -2.15. The topological polar surface area (TPSA) is 72.8 Å². The second-order valence-electron chi connectivity index (χ2n) is 8.64. The number of unbranched alkanes of at least 4 members (excludes halogenated alkanes) is 15.